The summed E-state index contributed by atoms with van der Waals surface area (Å²) in [6, 6.07) is 21.2. The van der Waals surface area contributed by atoms with Gasteiger partial charge in [0.2, 0.25) is 0 Å². The van der Waals surface area contributed by atoms with Crippen LogP contribution in [0.1, 0.15) is 24.0 Å². The lowest BCUT2D eigenvalue weighted by atomic mass is 9.90. The molecule has 0 bridgehead atoms. The van der Waals surface area contributed by atoms with Crippen molar-refractivity contribution >= 4 is 11.6 Å². The van der Waals surface area contributed by atoms with Gasteiger partial charge in [-0.15, -0.1) is 0 Å². The van der Waals surface area contributed by atoms with E-state index >= 15 is 0 Å². The fourth-order valence-corrected chi connectivity index (χ4v) is 2.52. The molecule has 98 valence electrons. The van der Waals surface area contributed by atoms with Crippen LogP contribution in [0.2, 0.25) is 0 Å². The number of allylic oxidation sites excluding steroid dienone is 5. The Labute approximate surface area is 120 Å². The van der Waals surface area contributed by atoms with Crippen LogP contribution in [-0.4, -0.2) is 0 Å². The van der Waals surface area contributed by atoms with Crippen LogP contribution in [0.15, 0.2) is 84.5 Å². The molecular formula is C20H18. The normalized spacial score (nSPS) is 15.0. The summed E-state index contributed by atoms with van der Waals surface area (Å²) >= 11 is 0. The predicted molar refractivity (Wildman–Crippen MR) is 87.2 cm³/mol. The molecule has 0 nitrogen and oxygen atoms in total. The monoisotopic (exact) mass is 258 g/mol. The van der Waals surface area contributed by atoms with E-state index in [1.54, 1.807) is 0 Å². The van der Waals surface area contributed by atoms with E-state index in [0.29, 0.717) is 0 Å². The van der Waals surface area contributed by atoms with Crippen molar-refractivity contribution in [2.24, 2.45) is 0 Å². The highest BCUT2D eigenvalue weighted by atomic mass is 14.1. The first-order valence-corrected chi connectivity index (χ1v) is 7.12. The fraction of sp³-hybridized carbons (Fsp3) is 0.100. The molecule has 0 aliphatic heterocycles. The Morgan fingerprint density at radius 1 is 0.850 bits per heavy atom. The first-order valence-electron chi connectivity index (χ1n) is 7.12. The molecule has 20 heavy (non-hydrogen) atoms. The summed E-state index contributed by atoms with van der Waals surface area (Å²) in [4.78, 5) is 0. The second-order valence-corrected chi connectivity index (χ2v) is 4.99. The van der Waals surface area contributed by atoms with E-state index in [1.807, 2.05) is 0 Å². The van der Waals surface area contributed by atoms with Gasteiger partial charge in [0.1, 0.15) is 0 Å². The van der Waals surface area contributed by atoms with Crippen LogP contribution in [0.25, 0.3) is 11.6 Å². The van der Waals surface area contributed by atoms with Crippen LogP contribution in [0, 0.1) is 0 Å². The Morgan fingerprint density at radius 3 is 2.20 bits per heavy atom. The van der Waals surface area contributed by atoms with E-state index in [0.717, 1.165) is 12.8 Å². The smallest absolute Gasteiger partial charge is 0.0146 e. The fourth-order valence-electron chi connectivity index (χ4n) is 2.52. The number of hydrogen-bond acceptors (Lipinski definition) is 0. The van der Waals surface area contributed by atoms with Crippen molar-refractivity contribution in [2.75, 3.05) is 0 Å². The van der Waals surface area contributed by atoms with Gasteiger partial charge in [0, 0.05) is 0 Å². The summed E-state index contributed by atoms with van der Waals surface area (Å²) in [5.74, 6) is 0. The van der Waals surface area contributed by atoms with Crippen molar-refractivity contribution < 1.29 is 0 Å². The zero-order valence-corrected chi connectivity index (χ0v) is 11.5. The Kier molecular flexibility index (Phi) is 3.93. The molecule has 0 atom stereocenters. The maximum absolute atomic E-state index is 2.29. The van der Waals surface area contributed by atoms with E-state index in [1.165, 1.54) is 22.3 Å². The minimum Gasteiger partial charge on any atom is -0.0842 e. The SMILES string of the molecule is C1=CCCC(/C(=C\c2ccccc2)c2ccccc2)=C1. The highest BCUT2D eigenvalue weighted by molar-refractivity contribution is 5.91. The van der Waals surface area contributed by atoms with Crippen LogP contribution in [0.3, 0.4) is 0 Å². The number of benzene rings is 2. The second kappa shape index (κ2) is 6.21. The Morgan fingerprint density at radius 2 is 1.55 bits per heavy atom. The van der Waals surface area contributed by atoms with Crippen molar-refractivity contribution in [1.29, 1.82) is 0 Å². The molecule has 2 aromatic carbocycles. The zero-order chi connectivity index (χ0) is 13.6. The van der Waals surface area contributed by atoms with Crippen molar-refractivity contribution in [1.82, 2.24) is 0 Å². The van der Waals surface area contributed by atoms with E-state index in [2.05, 4.69) is 85.0 Å². The molecule has 1 aliphatic rings. The Balaban J connectivity index is 2.06. The van der Waals surface area contributed by atoms with E-state index in [-0.39, 0.29) is 0 Å². The van der Waals surface area contributed by atoms with Crippen LogP contribution >= 0.6 is 0 Å². The Bertz CT molecular complexity index is 643. The molecule has 1 aliphatic carbocycles. The van der Waals surface area contributed by atoms with Crippen LogP contribution < -0.4 is 0 Å². The third-order valence-corrected chi connectivity index (χ3v) is 3.56. The first kappa shape index (κ1) is 12.7. The van der Waals surface area contributed by atoms with Crippen molar-refractivity contribution in [3.63, 3.8) is 0 Å². The molecular weight excluding hydrogens is 240 g/mol. The van der Waals surface area contributed by atoms with Crippen molar-refractivity contribution in [3.05, 3.63) is 95.6 Å². The van der Waals surface area contributed by atoms with Gasteiger partial charge < -0.3 is 0 Å². The molecule has 0 heteroatoms. The molecule has 0 spiro atoms. The lowest BCUT2D eigenvalue weighted by Crippen LogP contribution is -1.93. The van der Waals surface area contributed by atoms with Crippen LogP contribution in [0.4, 0.5) is 0 Å². The summed E-state index contributed by atoms with van der Waals surface area (Å²) in [6.07, 6.45) is 11.2. The van der Waals surface area contributed by atoms with Gasteiger partial charge in [0.15, 0.2) is 0 Å². The highest BCUT2D eigenvalue weighted by Crippen LogP contribution is 2.30. The quantitative estimate of drug-likeness (QED) is 0.637. The molecule has 0 saturated heterocycles. The molecule has 0 saturated carbocycles. The minimum atomic E-state index is 1.12. The predicted octanol–water partition coefficient (Wildman–Crippen LogP) is 5.50. The average molecular weight is 258 g/mol. The molecule has 0 fully saturated rings. The highest BCUT2D eigenvalue weighted by Gasteiger charge is 2.09. The van der Waals surface area contributed by atoms with Gasteiger partial charge in [-0.05, 0) is 41.2 Å². The van der Waals surface area contributed by atoms with E-state index in [4.69, 9.17) is 0 Å². The van der Waals surface area contributed by atoms with Crippen LogP contribution in [0.5, 0.6) is 0 Å². The minimum absolute atomic E-state index is 1.12. The van der Waals surface area contributed by atoms with Gasteiger partial charge in [-0.2, -0.15) is 0 Å². The van der Waals surface area contributed by atoms with E-state index < -0.39 is 0 Å². The second-order valence-electron chi connectivity index (χ2n) is 4.99. The first-order chi connectivity index (χ1) is 9.93. The van der Waals surface area contributed by atoms with E-state index in [9.17, 15) is 0 Å². The molecule has 0 aromatic heterocycles. The van der Waals surface area contributed by atoms with Crippen molar-refractivity contribution in [3.8, 4) is 0 Å². The topological polar surface area (TPSA) is 0 Å². The molecule has 0 amide bonds. The summed E-state index contributed by atoms with van der Waals surface area (Å²) in [5.41, 5.74) is 5.29. The largest absolute Gasteiger partial charge is 0.0842 e. The summed E-state index contributed by atoms with van der Waals surface area (Å²) in [6.45, 7) is 0. The molecule has 0 radical (unpaired) electrons. The number of rotatable bonds is 3. The Hall–Kier alpha value is -2.34. The van der Waals surface area contributed by atoms with Gasteiger partial charge in [0.25, 0.3) is 0 Å². The lowest BCUT2D eigenvalue weighted by Gasteiger charge is -2.14. The average Bonchev–Trinajstić information content (AvgIpc) is 2.55. The van der Waals surface area contributed by atoms with Crippen LogP contribution in [-0.2, 0) is 0 Å². The number of hydrogen-bond donors (Lipinski definition) is 0. The molecule has 2 aromatic rings. The van der Waals surface area contributed by atoms with Gasteiger partial charge in [-0.3, -0.25) is 0 Å². The maximum Gasteiger partial charge on any atom is -0.0146 e. The summed E-state index contributed by atoms with van der Waals surface area (Å²) < 4.78 is 0. The van der Waals surface area contributed by atoms with Gasteiger partial charge >= 0.3 is 0 Å². The molecule has 0 N–H and O–H groups in total. The third kappa shape index (κ3) is 2.97. The van der Waals surface area contributed by atoms with Gasteiger partial charge in [-0.25, -0.2) is 0 Å². The lowest BCUT2D eigenvalue weighted by molar-refractivity contribution is 0.997. The molecule has 0 heterocycles. The maximum atomic E-state index is 2.29. The molecule has 3 rings (SSSR count). The zero-order valence-electron chi connectivity index (χ0n) is 11.5. The van der Waals surface area contributed by atoms with Crippen molar-refractivity contribution in [2.45, 2.75) is 12.8 Å². The summed E-state index contributed by atoms with van der Waals surface area (Å²) in [7, 11) is 0. The standard InChI is InChI=1S/C20H18/c1-4-10-17(11-5-1)16-20(18-12-6-2-7-13-18)19-14-8-3-9-15-19/h1-8,10-14,16H,9,15H2/b20-16-. The third-order valence-electron chi connectivity index (χ3n) is 3.56. The van der Waals surface area contributed by atoms with Gasteiger partial charge in [-0.1, -0.05) is 78.9 Å². The van der Waals surface area contributed by atoms with Gasteiger partial charge in [0.05, 0.1) is 0 Å². The molecule has 0 unspecified atom stereocenters. The summed E-state index contributed by atoms with van der Waals surface area (Å²) in [5, 5.41) is 0.